The summed E-state index contributed by atoms with van der Waals surface area (Å²) >= 11 is 5.95. The third-order valence-corrected chi connectivity index (χ3v) is 3.03. The number of carbonyl (C=O) groups is 1. The standard InChI is InChI=1S/C12H15ClN2O/c1-4-15-10-6-5-8(13)7-9(10)14-12(2,3)11(15)16/h5-7,14H,4H2,1-3H3. The Hall–Kier alpha value is -1.22. The number of nitrogens with one attached hydrogen (secondary N) is 1. The first-order valence-corrected chi connectivity index (χ1v) is 5.73. The number of likely N-dealkylation sites (N-methyl/N-ethyl adjacent to an activating group) is 1. The highest BCUT2D eigenvalue weighted by atomic mass is 35.5. The van der Waals surface area contributed by atoms with Crippen LogP contribution in [-0.4, -0.2) is 18.0 Å². The number of amides is 1. The van der Waals surface area contributed by atoms with Crippen LogP contribution in [0.2, 0.25) is 5.02 Å². The number of fused-ring (bicyclic) bond motifs is 1. The zero-order valence-corrected chi connectivity index (χ0v) is 10.4. The molecule has 0 saturated heterocycles. The zero-order chi connectivity index (χ0) is 11.9. The highest BCUT2D eigenvalue weighted by Gasteiger charge is 2.37. The topological polar surface area (TPSA) is 32.3 Å². The summed E-state index contributed by atoms with van der Waals surface area (Å²) < 4.78 is 0. The molecule has 0 atom stereocenters. The molecule has 1 aromatic carbocycles. The van der Waals surface area contributed by atoms with Gasteiger partial charge in [0, 0.05) is 11.6 Å². The fraction of sp³-hybridized carbons (Fsp3) is 0.417. The summed E-state index contributed by atoms with van der Waals surface area (Å²) in [6.45, 7) is 6.39. The summed E-state index contributed by atoms with van der Waals surface area (Å²) in [4.78, 5) is 13.9. The summed E-state index contributed by atoms with van der Waals surface area (Å²) in [6.07, 6.45) is 0. The number of anilines is 2. The fourth-order valence-corrected chi connectivity index (χ4v) is 2.17. The Morgan fingerprint density at radius 1 is 1.44 bits per heavy atom. The number of benzene rings is 1. The molecule has 0 spiro atoms. The highest BCUT2D eigenvalue weighted by Crippen LogP contribution is 2.36. The normalized spacial score (nSPS) is 18.0. The molecule has 1 amide bonds. The average molecular weight is 239 g/mol. The average Bonchev–Trinajstić information content (AvgIpc) is 2.20. The summed E-state index contributed by atoms with van der Waals surface area (Å²) in [7, 11) is 0. The molecular weight excluding hydrogens is 224 g/mol. The van der Waals surface area contributed by atoms with Crippen molar-refractivity contribution >= 4 is 28.9 Å². The van der Waals surface area contributed by atoms with E-state index in [1.807, 2.05) is 32.9 Å². The SMILES string of the molecule is CCN1C(=O)C(C)(C)Nc2cc(Cl)ccc21. The van der Waals surface area contributed by atoms with Crippen molar-refractivity contribution in [1.29, 1.82) is 0 Å². The minimum absolute atomic E-state index is 0.0878. The molecule has 1 aliphatic rings. The molecule has 1 N–H and O–H groups in total. The van der Waals surface area contributed by atoms with Crippen molar-refractivity contribution in [3.05, 3.63) is 23.2 Å². The van der Waals surface area contributed by atoms with Gasteiger partial charge in [-0.1, -0.05) is 11.6 Å². The van der Waals surface area contributed by atoms with E-state index in [9.17, 15) is 4.79 Å². The van der Waals surface area contributed by atoms with E-state index in [1.165, 1.54) is 0 Å². The van der Waals surface area contributed by atoms with Gasteiger partial charge in [0.2, 0.25) is 0 Å². The molecule has 3 nitrogen and oxygen atoms in total. The summed E-state index contributed by atoms with van der Waals surface area (Å²) in [6, 6.07) is 5.53. The van der Waals surface area contributed by atoms with Crippen LogP contribution >= 0.6 is 11.6 Å². The quantitative estimate of drug-likeness (QED) is 0.816. The van der Waals surface area contributed by atoms with E-state index in [0.717, 1.165) is 11.4 Å². The van der Waals surface area contributed by atoms with Gasteiger partial charge in [-0.15, -0.1) is 0 Å². The third-order valence-electron chi connectivity index (χ3n) is 2.79. The van der Waals surface area contributed by atoms with Crippen molar-refractivity contribution in [3.8, 4) is 0 Å². The van der Waals surface area contributed by atoms with Crippen molar-refractivity contribution < 1.29 is 4.79 Å². The fourth-order valence-electron chi connectivity index (χ4n) is 1.99. The van der Waals surface area contributed by atoms with Crippen molar-refractivity contribution in [2.24, 2.45) is 0 Å². The van der Waals surface area contributed by atoms with Crippen LogP contribution in [0.5, 0.6) is 0 Å². The van der Waals surface area contributed by atoms with Crippen LogP contribution in [0, 0.1) is 0 Å². The largest absolute Gasteiger partial charge is 0.370 e. The maximum absolute atomic E-state index is 12.2. The van der Waals surface area contributed by atoms with E-state index in [0.29, 0.717) is 11.6 Å². The van der Waals surface area contributed by atoms with Gasteiger partial charge < -0.3 is 10.2 Å². The number of carbonyl (C=O) groups excluding carboxylic acids is 1. The second-order valence-corrected chi connectivity index (χ2v) is 4.90. The molecular formula is C12H15ClN2O. The summed E-state index contributed by atoms with van der Waals surface area (Å²) in [5.74, 6) is 0.0878. The smallest absolute Gasteiger partial charge is 0.252 e. The molecule has 0 bridgehead atoms. The number of hydrogen-bond acceptors (Lipinski definition) is 2. The molecule has 1 aromatic rings. The molecule has 16 heavy (non-hydrogen) atoms. The van der Waals surface area contributed by atoms with E-state index in [2.05, 4.69) is 5.32 Å². The first kappa shape index (κ1) is 11.3. The Morgan fingerprint density at radius 3 is 2.75 bits per heavy atom. The Kier molecular flexibility index (Phi) is 2.58. The molecule has 2 rings (SSSR count). The van der Waals surface area contributed by atoms with Crippen LogP contribution in [0.3, 0.4) is 0 Å². The van der Waals surface area contributed by atoms with Crippen molar-refractivity contribution in [2.75, 3.05) is 16.8 Å². The van der Waals surface area contributed by atoms with Gasteiger partial charge in [0.1, 0.15) is 5.54 Å². The van der Waals surface area contributed by atoms with Crippen LogP contribution in [0.15, 0.2) is 18.2 Å². The lowest BCUT2D eigenvalue weighted by molar-refractivity contribution is -0.122. The molecule has 0 radical (unpaired) electrons. The van der Waals surface area contributed by atoms with Crippen molar-refractivity contribution in [2.45, 2.75) is 26.3 Å². The third kappa shape index (κ3) is 1.65. The van der Waals surface area contributed by atoms with Gasteiger partial charge in [-0.25, -0.2) is 0 Å². The molecule has 1 aliphatic heterocycles. The van der Waals surface area contributed by atoms with E-state index in [-0.39, 0.29) is 5.91 Å². The maximum Gasteiger partial charge on any atom is 0.252 e. The molecule has 0 aliphatic carbocycles. The Labute approximate surface area is 100 Å². The van der Waals surface area contributed by atoms with Gasteiger partial charge in [0.25, 0.3) is 5.91 Å². The Bertz CT molecular complexity index is 443. The second-order valence-electron chi connectivity index (χ2n) is 4.46. The molecule has 0 aromatic heterocycles. The van der Waals surface area contributed by atoms with Crippen LogP contribution in [-0.2, 0) is 4.79 Å². The predicted octanol–water partition coefficient (Wildman–Crippen LogP) is 2.90. The van der Waals surface area contributed by atoms with Crippen LogP contribution < -0.4 is 10.2 Å². The summed E-state index contributed by atoms with van der Waals surface area (Å²) in [5, 5.41) is 3.89. The van der Waals surface area contributed by atoms with E-state index in [1.54, 1.807) is 11.0 Å². The maximum atomic E-state index is 12.2. The Morgan fingerprint density at radius 2 is 2.12 bits per heavy atom. The van der Waals surface area contributed by atoms with E-state index in [4.69, 9.17) is 11.6 Å². The number of halogens is 1. The second kappa shape index (κ2) is 3.67. The predicted molar refractivity (Wildman–Crippen MR) is 67.2 cm³/mol. The zero-order valence-electron chi connectivity index (χ0n) is 9.67. The first-order chi connectivity index (χ1) is 7.45. The molecule has 86 valence electrons. The lowest BCUT2D eigenvalue weighted by atomic mass is 9.98. The van der Waals surface area contributed by atoms with Gasteiger partial charge in [-0.2, -0.15) is 0 Å². The van der Waals surface area contributed by atoms with Gasteiger partial charge >= 0.3 is 0 Å². The van der Waals surface area contributed by atoms with Crippen molar-refractivity contribution in [3.63, 3.8) is 0 Å². The molecule has 0 unspecified atom stereocenters. The lowest BCUT2D eigenvalue weighted by Crippen LogP contribution is -2.53. The van der Waals surface area contributed by atoms with Gasteiger partial charge in [-0.3, -0.25) is 4.79 Å². The van der Waals surface area contributed by atoms with Gasteiger partial charge in [0.15, 0.2) is 0 Å². The number of nitrogens with zero attached hydrogens (tertiary/aromatic N) is 1. The number of hydrogen-bond donors (Lipinski definition) is 1. The minimum atomic E-state index is -0.576. The summed E-state index contributed by atoms with van der Waals surface area (Å²) in [5.41, 5.74) is 1.24. The minimum Gasteiger partial charge on any atom is -0.370 e. The van der Waals surface area contributed by atoms with E-state index < -0.39 is 5.54 Å². The molecule has 0 fully saturated rings. The van der Waals surface area contributed by atoms with Crippen molar-refractivity contribution in [1.82, 2.24) is 0 Å². The van der Waals surface area contributed by atoms with Crippen LogP contribution in [0.1, 0.15) is 20.8 Å². The Balaban J connectivity index is 2.55. The lowest BCUT2D eigenvalue weighted by Gasteiger charge is -2.39. The van der Waals surface area contributed by atoms with Crippen LogP contribution in [0.4, 0.5) is 11.4 Å². The molecule has 1 heterocycles. The molecule has 4 heteroatoms. The van der Waals surface area contributed by atoms with Gasteiger partial charge in [-0.05, 0) is 39.0 Å². The highest BCUT2D eigenvalue weighted by molar-refractivity contribution is 6.31. The van der Waals surface area contributed by atoms with Crippen LogP contribution in [0.25, 0.3) is 0 Å². The number of rotatable bonds is 1. The molecule has 0 saturated carbocycles. The monoisotopic (exact) mass is 238 g/mol. The van der Waals surface area contributed by atoms with E-state index >= 15 is 0 Å². The van der Waals surface area contributed by atoms with Gasteiger partial charge in [0.05, 0.1) is 11.4 Å². The first-order valence-electron chi connectivity index (χ1n) is 5.35.